The standard InChI is InChI=1S/C5H9P/c1-3-5-4-6(5)2/h3,5H,1,4H2,2H3. The Morgan fingerprint density at radius 2 is 2.50 bits per heavy atom. The molecule has 0 aromatic rings. The van der Waals surface area contributed by atoms with Crippen molar-refractivity contribution >= 4 is 7.92 Å². The van der Waals surface area contributed by atoms with Crippen molar-refractivity contribution < 1.29 is 0 Å². The van der Waals surface area contributed by atoms with Gasteiger partial charge in [-0.05, 0) is 12.8 Å². The maximum Gasteiger partial charge on any atom is 0.000492 e. The Morgan fingerprint density at radius 1 is 2.00 bits per heavy atom. The maximum atomic E-state index is 3.69. The zero-order valence-electron chi connectivity index (χ0n) is 4.02. The first kappa shape index (κ1) is 4.33. The average Bonchev–Trinajstić information content (AvgIpc) is 2.19. The fourth-order valence-electron chi connectivity index (χ4n) is 0.502. The topological polar surface area (TPSA) is 0 Å². The van der Waals surface area contributed by atoms with Crippen LogP contribution in [0, 0.1) is 0 Å². The molecule has 6 heavy (non-hydrogen) atoms. The van der Waals surface area contributed by atoms with E-state index < -0.39 is 0 Å². The summed E-state index contributed by atoms with van der Waals surface area (Å²) < 4.78 is 0. The highest BCUT2D eigenvalue weighted by Crippen LogP contribution is 2.55. The second kappa shape index (κ2) is 1.35. The molecule has 1 aliphatic rings. The van der Waals surface area contributed by atoms with Gasteiger partial charge in [-0.3, -0.25) is 0 Å². The minimum Gasteiger partial charge on any atom is -0.102 e. The molecule has 0 radical (unpaired) electrons. The molecule has 1 saturated heterocycles. The molecule has 0 aromatic carbocycles. The van der Waals surface area contributed by atoms with Crippen molar-refractivity contribution in [3.8, 4) is 0 Å². The summed E-state index contributed by atoms with van der Waals surface area (Å²) in [7, 11) is 0.448. The summed E-state index contributed by atoms with van der Waals surface area (Å²) in [6, 6.07) is 0. The third-order valence-electron chi connectivity index (χ3n) is 1.18. The van der Waals surface area contributed by atoms with Gasteiger partial charge in [0.25, 0.3) is 0 Å². The predicted octanol–water partition coefficient (Wildman–Crippen LogP) is 1.67. The molecule has 0 spiro atoms. The van der Waals surface area contributed by atoms with Crippen LogP contribution >= 0.6 is 7.92 Å². The fraction of sp³-hybridized carbons (Fsp3) is 0.600. The first-order valence-corrected chi connectivity index (χ1v) is 4.21. The molecular formula is C5H9P. The number of hydrogen-bond acceptors (Lipinski definition) is 0. The van der Waals surface area contributed by atoms with Crippen LogP contribution in [-0.2, 0) is 0 Å². The minimum atomic E-state index is 0.448. The van der Waals surface area contributed by atoms with E-state index in [0.717, 1.165) is 5.66 Å². The van der Waals surface area contributed by atoms with Crippen LogP contribution in [0.3, 0.4) is 0 Å². The Kier molecular flexibility index (Phi) is 0.972. The highest BCUT2D eigenvalue weighted by Gasteiger charge is 2.27. The third-order valence-corrected chi connectivity index (χ3v) is 3.21. The lowest BCUT2D eigenvalue weighted by Crippen LogP contribution is -1.64. The van der Waals surface area contributed by atoms with Gasteiger partial charge >= 0.3 is 0 Å². The molecule has 0 bridgehead atoms. The van der Waals surface area contributed by atoms with Crippen molar-refractivity contribution in [3.63, 3.8) is 0 Å². The van der Waals surface area contributed by atoms with Gasteiger partial charge in [-0.15, -0.1) is 14.5 Å². The van der Waals surface area contributed by atoms with E-state index in [-0.39, 0.29) is 0 Å². The van der Waals surface area contributed by atoms with E-state index in [4.69, 9.17) is 0 Å². The molecule has 0 saturated carbocycles. The summed E-state index contributed by atoms with van der Waals surface area (Å²) >= 11 is 0. The van der Waals surface area contributed by atoms with Gasteiger partial charge in [-0.1, -0.05) is 6.08 Å². The molecule has 1 heteroatoms. The van der Waals surface area contributed by atoms with Gasteiger partial charge in [-0.25, -0.2) is 0 Å². The zero-order valence-corrected chi connectivity index (χ0v) is 4.91. The summed E-state index contributed by atoms with van der Waals surface area (Å²) in [5.74, 6) is 0. The van der Waals surface area contributed by atoms with Gasteiger partial charge in [0.2, 0.25) is 0 Å². The van der Waals surface area contributed by atoms with Crippen molar-refractivity contribution in [2.45, 2.75) is 5.66 Å². The van der Waals surface area contributed by atoms with E-state index in [0.29, 0.717) is 7.92 Å². The molecular weight excluding hydrogens is 91.0 g/mol. The van der Waals surface area contributed by atoms with Crippen LogP contribution in [0.15, 0.2) is 12.7 Å². The van der Waals surface area contributed by atoms with Crippen LogP contribution in [-0.4, -0.2) is 18.5 Å². The van der Waals surface area contributed by atoms with Crippen LogP contribution in [0.2, 0.25) is 0 Å². The summed E-state index contributed by atoms with van der Waals surface area (Å²) in [5.41, 5.74) is 0.931. The normalized spacial score (nSPS) is 42.2. The Morgan fingerprint density at radius 3 is 2.50 bits per heavy atom. The van der Waals surface area contributed by atoms with Gasteiger partial charge in [0.05, 0.1) is 0 Å². The lowest BCUT2D eigenvalue weighted by Gasteiger charge is -1.72. The van der Waals surface area contributed by atoms with Crippen molar-refractivity contribution in [2.75, 3.05) is 12.8 Å². The van der Waals surface area contributed by atoms with Gasteiger partial charge < -0.3 is 0 Å². The van der Waals surface area contributed by atoms with Gasteiger partial charge in [0.1, 0.15) is 0 Å². The van der Waals surface area contributed by atoms with Crippen molar-refractivity contribution in [2.24, 2.45) is 0 Å². The van der Waals surface area contributed by atoms with Gasteiger partial charge in [0.15, 0.2) is 0 Å². The molecule has 1 heterocycles. The van der Waals surface area contributed by atoms with E-state index in [2.05, 4.69) is 19.3 Å². The highest BCUT2D eigenvalue weighted by molar-refractivity contribution is 7.65. The van der Waals surface area contributed by atoms with E-state index in [1.54, 1.807) is 0 Å². The zero-order chi connectivity index (χ0) is 4.57. The first-order valence-electron chi connectivity index (χ1n) is 2.17. The predicted molar refractivity (Wildman–Crippen MR) is 31.7 cm³/mol. The molecule has 2 unspecified atom stereocenters. The third kappa shape index (κ3) is 0.628. The summed E-state index contributed by atoms with van der Waals surface area (Å²) in [6.45, 7) is 6.01. The molecule has 0 amide bonds. The molecule has 34 valence electrons. The summed E-state index contributed by atoms with van der Waals surface area (Å²) in [4.78, 5) is 0. The molecule has 1 rings (SSSR count). The number of allylic oxidation sites excluding steroid dienone is 1. The van der Waals surface area contributed by atoms with Crippen molar-refractivity contribution in [3.05, 3.63) is 12.7 Å². The summed E-state index contributed by atoms with van der Waals surface area (Å²) in [6.07, 6.45) is 3.52. The van der Waals surface area contributed by atoms with E-state index in [1.165, 1.54) is 6.16 Å². The SMILES string of the molecule is C=CC1CP1C. The number of rotatable bonds is 1. The van der Waals surface area contributed by atoms with Gasteiger partial charge in [0, 0.05) is 5.66 Å². The smallest absolute Gasteiger partial charge is 0.000492 e. The van der Waals surface area contributed by atoms with Crippen LogP contribution in [0.1, 0.15) is 0 Å². The average molecular weight is 100 g/mol. The lowest BCUT2D eigenvalue weighted by molar-refractivity contribution is 1.42. The Hall–Kier alpha value is 0.170. The van der Waals surface area contributed by atoms with Crippen LogP contribution < -0.4 is 0 Å². The Bertz CT molecular complexity index is 68.3. The van der Waals surface area contributed by atoms with E-state index in [9.17, 15) is 0 Å². The minimum absolute atomic E-state index is 0.448. The number of hydrogen-bond donors (Lipinski definition) is 0. The quantitative estimate of drug-likeness (QED) is 0.347. The van der Waals surface area contributed by atoms with E-state index in [1.807, 2.05) is 0 Å². The van der Waals surface area contributed by atoms with Crippen molar-refractivity contribution in [1.29, 1.82) is 0 Å². The molecule has 0 nitrogen and oxygen atoms in total. The fourth-order valence-corrected chi connectivity index (χ4v) is 2.00. The maximum absolute atomic E-state index is 3.69. The second-order valence-electron chi connectivity index (χ2n) is 1.74. The molecule has 1 aliphatic heterocycles. The largest absolute Gasteiger partial charge is 0.102 e. The molecule has 2 atom stereocenters. The molecule has 0 N–H and O–H groups in total. The van der Waals surface area contributed by atoms with Crippen LogP contribution in [0.5, 0.6) is 0 Å². The Labute approximate surface area is 40.0 Å². The van der Waals surface area contributed by atoms with Crippen LogP contribution in [0.25, 0.3) is 0 Å². The van der Waals surface area contributed by atoms with Crippen LogP contribution in [0.4, 0.5) is 0 Å². The molecule has 0 aromatic heterocycles. The Balaban J connectivity index is 2.25. The molecule has 1 fully saturated rings. The summed E-state index contributed by atoms with van der Waals surface area (Å²) in [5, 5.41) is 0. The highest BCUT2D eigenvalue weighted by atomic mass is 31.1. The lowest BCUT2D eigenvalue weighted by atomic mass is 10.5. The van der Waals surface area contributed by atoms with E-state index >= 15 is 0 Å². The molecule has 0 aliphatic carbocycles. The first-order chi connectivity index (χ1) is 2.84. The van der Waals surface area contributed by atoms with Crippen molar-refractivity contribution in [1.82, 2.24) is 0 Å². The second-order valence-corrected chi connectivity index (χ2v) is 4.29. The monoisotopic (exact) mass is 100 g/mol. The van der Waals surface area contributed by atoms with Gasteiger partial charge in [-0.2, -0.15) is 0 Å².